The fourth-order valence-corrected chi connectivity index (χ4v) is 2.65. The SMILES string of the molecule is C1CSSC1.[Au]. The normalized spacial score (nSPS) is 20.0. The van der Waals surface area contributed by atoms with Gasteiger partial charge in [0.15, 0.2) is 0 Å². The van der Waals surface area contributed by atoms with Crippen molar-refractivity contribution in [2.24, 2.45) is 0 Å². The molecule has 0 aromatic rings. The Hall–Kier alpha value is 1.44. The Morgan fingerprint density at radius 3 is 1.67 bits per heavy atom. The Morgan fingerprint density at radius 2 is 1.50 bits per heavy atom. The van der Waals surface area contributed by atoms with Gasteiger partial charge >= 0.3 is 0 Å². The molecular weight excluding hydrogens is 297 g/mol. The first-order valence-electron chi connectivity index (χ1n) is 1.74. The van der Waals surface area contributed by atoms with E-state index in [1.54, 1.807) is 0 Å². The Labute approximate surface area is 61.7 Å². The van der Waals surface area contributed by atoms with Gasteiger partial charge in [0, 0.05) is 33.9 Å². The van der Waals surface area contributed by atoms with Crippen molar-refractivity contribution in [3.05, 3.63) is 0 Å². The van der Waals surface area contributed by atoms with Crippen LogP contribution in [0, 0.1) is 0 Å². The molecule has 1 heterocycles. The van der Waals surface area contributed by atoms with Gasteiger partial charge in [-0.05, 0) is 6.42 Å². The molecule has 0 unspecified atom stereocenters. The van der Waals surface area contributed by atoms with Crippen molar-refractivity contribution in [3.63, 3.8) is 0 Å². The average Bonchev–Trinajstić information content (AvgIpc) is 1.76. The summed E-state index contributed by atoms with van der Waals surface area (Å²) in [5.74, 6) is 2.76. The summed E-state index contributed by atoms with van der Waals surface area (Å²) in [6, 6.07) is 0. The van der Waals surface area contributed by atoms with E-state index < -0.39 is 0 Å². The van der Waals surface area contributed by atoms with Crippen LogP contribution in [0.3, 0.4) is 0 Å². The van der Waals surface area contributed by atoms with Crippen molar-refractivity contribution in [1.29, 1.82) is 0 Å². The molecule has 1 rings (SSSR count). The molecule has 0 saturated carbocycles. The van der Waals surface area contributed by atoms with Gasteiger partial charge in [-0.1, -0.05) is 21.6 Å². The minimum atomic E-state index is 0. The van der Waals surface area contributed by atoms with Gasteiger partial charge < -0.3 is 0 Å². The molecule has 1 aliphatic rings. The fraction of sp³-hybridized carbons (Fsp3) is 1.00. The van der Waals surface area contributed by atoms with E-state index in [1.807, 2.05) is 21.6 Å². The first-order valence-corrected chi connectivity index (χ1v) is 4.23. The molecule has 0 aromatic carbocycles. The van der Waals surface area contributed by atoms with Crippen LogP contribution in [0.25, 0.3) is 0 Å². The Bertz CT molecular complexity index is 20.4. The van der Waals surface area contributed by atoms with Gasteiger partial charge in [0.25, 0.3) is 0 Å². The van der Waals surface area contributed by atoms with Crippen molar-refractivity contribution in [1.82, 2.24) is 0 Å². The zero-order valence-corrected chi connectivity index (χ0v) is 7.04. The van der Waals surface area contributed by atoms with Gasteiger partial charge in [0.05, 0.1) is 0 Å². The van der Waals surface area contributed by atoms with Crippen LogP contribution >= 0.6 is 21.6 Å². The summed E-state index contributed by atoms with van der Waals surface area (Å²) >= 11 is 0. The van der Waals surface area contributed by atoms with Crippen molar-refractivity contribution in [2.75, 3.05) is 11.5 Å². The van der Waals surface area contributed by atoms with Crippen molar-refractivity contribution in [3.8, 4) is 0 Å². The quantitative estimate of drug-likeness (QED) is 0.494. The summed E-state index contributed by atoms with van der Waals surface area (Å²) in [5, 5.41) is 0. The molecule has 3 heteroatoms. The van der Waals surface area contributed by atoms with Crippen LogP contribution in [0.1, 0.15) is 6.42 Å². The maximum atomic E-state index is 1.99. The number of hydrogen-bond donors (Lipinski definition) is 0. The number of rotatable bonds is 0. The van der Waals surface area contributed by atoms with Gasteiger partial charge in [-0.25, -0.2) is 0 Å². The third kappa shape index (κ3) is 2.59. The smallest absolute Gasteiger partial charge is 0.00450 e. The summed E-state index contributed by atoms with van der Waals surface area (Å²) in [4.78, 5) is 0. The van der Waals surface area contributed by atoms with Crippen LogP contribution in [0.15, 0.2) is 0 Å². The monoisotopic (exact) mass is 303 g/mol. The maximum absolute atomic E-state index is 1.99. The van der Waals surface area contributed by atoms with Crippen LogP contribution in [0.4, 0.5) is 0 Å². The maximum Gasteiger partial charge on any atom is 0.00450 e. The standard InChI is InChI=1S/C3H6S2.Au/c1-2-4-5-3-1;/h1-3H2;. The first-order chi connectivity index (χ1) is 2.50. The molecule has 0 bridgehead atoms. The first kappa shape index (κ1) is 7.44. The van der Waals surface area contributed by atoms with Crippen molar-refractivity contribution >= 4 is 21.6 Å². The van der Waals surface area contributed by atoms with Gasteiger partial charge in [0.2, 0.25) is 0 Å². The molecule has 0 spiro atoms. The van der Waals surface area contributed by atoms with Crippen LogP contribution in [0.2, 0.25) is 0 Å². The minimum Gasteiger partial charge on any atom is -0.0941 e. The molecule has 1 fully saturated rings. The molecule has 0 nitrogen and oxygen atoms in total. The van der Waals surface area contributed by atoms with Crippen molar-refractivity contribution in [2.45, 2.75) is 6.42 Å². The summed E-state index contributed by atoms with van der Waals surface area (Å²) in [7, 11) is 3.98. The van der Waals surface area contributed by atoms with Gasteiger partial charge in [-0.15, -0.1) is 0 Å². The average molecular weight is 303 g/mol. The molecule has 0 atom stereocenters. The van der Waals surface area contributed by atoms with Crippen molar-refractivity contribution < 1.29 is 22.4 Å². The third-order valence-corrected chi connectivity index (χ3v) is 3.12. The van der Waals surface area contributed by atoms with E-state index in [-0.39, 0.29) is 22.4 Å². The predicted octanol–water partition coefficient (Wildman–Crippen LogP) is 1.77. The molecule has 1 radical (unpaired) electrons. The molecule has 6 heavy (non-hydrogen) atoms. The largest absolute Gasteiger partial charge is 0.0941 e. The minimum absolute atomic E-state index is 0. The molecule has 0 amide bonds. The summed E-state index contributed by atoms with van der Waals surface area (Å²) in [5.41, 5.74) is 0. The molecule has 0 N–H and O–H groups in total. The van der Waals surface area contributed by atoms with Crippen LogP contribution in [0.5, 0.6) is 0 Å². The van der Waals surface area contributed by atoms with Gasteiger partial charge in [-0.2, -0.15) is 0 Å². The van der Waals surface area contributed by atoms with Crippen LogP contribution in [-0.2, 0) is 22.4 Å². The Balaban J connectivity index is 0.000000250. The van der Waals surface area contributed by atoms with Crippen LogP contribution in [-0.4, -0.2) is 11.5 Å². The predicted molar refractivity (Wildman–Crippen MR) is 29.5 cm³/mol. The van der Waals surface area contributed by atoms with Gasteiger partial charge in [0.1, 0.15) is 0 Å². The molecule has 1 saturated heterocycles. The van der Waals surface area contributed by atoms with E-state index in [1.165, 1.54) is 17.9 Å². The van der Waals surface area contributed by atoms with Gasteiger partial charge in [-0.3, -0.25) is 0 Å². The molecule has 41 valence electrons. The zero-order chi connectivity index (χ0) is 3.54. The van der Waals surface area contributed by atoms with E-state index in [2.05, 4.69) is 0 Å². The Kier molecular flexibility index (Phi) is 5.70. The zero-order valence-electron chi connectivity index (χ0n) is 3.24. The van der Waals surface area contributed by atoms with E-state index in [0.29, 0.717) is 0 Å². The van der Waals surface area contributed by atoms with E-state index >= 15 is 0 Å². The number of hydrogen-bond acceptors (Lipinski definition) is 2. The van der Waals surface area contributed by atoms with E-state index in [9.17, 15) is 0 Å². The molecule has 0 aliphatic carbocycles. The van der Waals surface area contributed by atoms with E-state index in [0.717, 1.165) is 0 Å². The summed E-state index contributed by atoms with van der Waals surface area (Å²) in [6.07, 6.45) is 1.43. The molecule has 0 aromatic heterocycles. The second kappa shape index (κ2) is 4.60. The molecule has 1 aliphatic heterocycles. The Morgan fingerprint density at radius 1 is 1.00 bits per heavy atom. The second-order valence-electron chi connectivity index (χ2n) is 0.998. The molecular formula is C3H6AuS2. The summed E-state index contributed by atoms with van der Waals surface area (Å²) in [6.45, 7) is 0. The second-order valence-corrected chi connectivity index (χ2v) is 3.70. The van der Waals surface area contributed by atoms with Crippen LogP contribution < -0.4 is 0 Å². The fourth-order valence-electron chi connectivity index (χ4n) is 0.295. The topological polar surface area (TPSA) is 0 Å². The van der Waals surface area contributed by atoms with E-state index in [4.69, 9.17) is 0 Å². The summed E-state index contributed by atoms with van der Waals surface area (Å²) < 4.78 is 0. The third-order valence-electron chi connectivity index (χ3n) is 0.539.